The van der Waals surface area contributed by atoms with Crippen LogP contribution < -0.4 is 10.1 Å². The van der Waals surface area contributed by atoms with E-state index < -0.39 is 0 Å². The number of ether oxygens (including phenoxy) is 1. The summed E-state index contributed by atoms with van der Waals surface area (Å²) in [7, 11) is 0. The molecule has 0 unspecified atom stereocenters. The quantitative estimate of drug-likeness (QED) is 0.358. The van der Waals surface area contributed by atoms with Crippen LogP contribution in [0.25, 0.3) is 10.9 Å². The zero-order valence-electron chi connectivity index (χ0n) is 15.9. The minimum atomic E-state index is -0.353. The van der Waals surface area contributed by atoms with E-state index in [1.54, 1.807) is 12.1 Å². The number of hydrogen-bond donors (Lipinski definition) is 2. The standard InChI is InChI=1S/C24H22ClFN2O/c25-22-5-3-6-23(26)21(22)16-29-19-10-8-17(9-11-19)14-27-13-12-18-15-28-24-7-2-1-4-20(18)24/h1-11,15,27-28H,12-14,16H2. The summed E-state index contributed by atoms with van der Waals surface area (Å²) < 4.78 is 19.5. The van der Waals surface area contributed by atoms with Crippen molar-refractivity contribution in [1.82, 2.24) is 10.3 Å². The van der Waals surface area contributed by atoms with E-state index in [9.17, 15) is 4.39 Å². The molecule has 1 aromatic heterocycles. The second kappa shape index (κ2) is 9.12. The van der Waals surface area contributed by atoms with Crippen molar-refractivity contribution in [3.8, 4) is 5.75 Å². The van der Waals surface area contributed by atoms with E-state index in [1.807, 2.05) is 30.3 Å². The first-order chi connectivity index (χ1) is 14.2. The fourth-order valence-corrected chi connectivity index (χ4v) is 3.54. The van der Waals surface area contributed by atoms with Crippen LogP contribution in [0.1, 0.15) is 16.7 Å². The van der Waals surface area contributed by atoms with Crippen LogP contribution in [-0.2, 0) is 19.6 Å². The van der Waals surface area contributed by atoms with Gasteiger partial charge in [0.15, 0.2) is 0 Å². The van der Waals surface area contributed by atoms with Crippen LogP contribution in [-0.4, -0.2) is 11.5 Å². The first-order valence-corrected chi connectivity index (χ1v) is 9.99. The Bertz CT molecular complexity index is 1070. The fourth-order valence-electron chi connectivity index (χ4n) is 3.32. The van der Waals surface area contributed by atoms with Gasteiger partial charge in [-0.15, -0.1) is 0 Å². The van der Waals surface area contributed by atoms with E-state index in [0.717, 1.165) is 19.5 Å². The molecule has 0 fully saturated rings. The summed E-state index contributed by atoms with van der Waals surface area (Å²) in [5, 5.41) is 5.13. The van der Waals surface area contributed by atoms with Crippen molar-refractivity contribution in [2.45, 2.75) is 19.6 Å². The minimum Gasteiger partial charge on any atom is -0.489 e. The lowest BCUT2D eigenvalue weighted by molar-refractivity contribution is 0.300. The highest BCUT2D eigenvalue weighted by molar-refractivity contribution is 6.31. The van der Waals surface area contributed by atoms with Crippen molar-refractivity contribution < 1.29 is 9.13 Å². The lowest BCUT2D eigenvalue weighted by Crippen LogP contribution is -2.16. The molecule has 0 amide bonds. The van der Waals surface area contributed by atoms with Crippen LogP contribution in [0.3, 0.4) is 0 Å². The number of nitrogens with one attached hydrogen (secondary N) is 2. The van der Waals surface area contributed by atoms with Crippen LogP contribution in [0.15, 0.2) is 72.9 Å². The summed E-state index contributed by atoms with van der Waals surface area (Å²) in [5.74, 6) is 0.334. The second-order valence-corrected chi connectivity index (χ2v) is 7.33. The fraction of sp³-hybridized carbons (Fsp3) is 0.167. The number of para-hydroxylation sites is 1. The van der Waals surface area contributed by atoms with Gasteiger partial charge >= 0.3 is 0 Å². The predicted molar refractivity (Wildman–Crippen MR) is 116 cm³/mol. The van der Waals surface area contributed by atoms with E-state index in [4.69, 9.17) is 16.3 Å². The average molecular weight is 409 g/mol. The lowest BCUT2D eigenvalue weighted by Gasteiger charge is -2.10. The molecule has 4 aromatic rings. The Morgan fingerprint density at radius 1 is 0.966 bits per heavy atom. The molecule has 0 spiro atoms. The maximum absolute atomic E-state index is 13.8. The SMILES string of the molecule is Fc1cccc(Cl)c1COc1ccc(CNCCc2c[nH]c3ccccc23)cc1. The molecule has 0 aliphatic carbocycles. The molecule has 4 rings (SSSR count). The highest BCUT2D eigenvalue weighted by atomic mass is 35.5. The molecule has 0 aliphatic heterocycles. The van der Waals surface area contributed by atoms with Gasteiger partial charge < -0.3 is 15.0 Å². The molecule has 3 aromatic carbocycles. The summed E-state index contributed by atoms with van der Waals surface area (Å²) >= 11 is 6.03. The van der Waals surface area contributed by atoms with Gasteiger partial charge in [0.2, 0.25) is 0 Å². The molecular formula is C24H22ClFN2O. The van der Waals surface area contributed by atoms with Crippen LogP contribution in [0, 0.1) is 5.82 Å². The molecule has 0 radical (unpaired) electrons. The summed E-state index contributed by atoms with van der Waals surface area (Å²) in [5.41, 5.74) is 4.04. The molecule has 1 heterocycles. The van der Waals surface area contributed by atoms with Gasteiger partial charge in [0.25, 0.3) is 0 Å². The Hall–Kier alpha value is -2.82. The normalized spacial score (nSPS) is 11.1. The molecule has 5 heteroatoms. The first-order valence-electron chi connectivity index (χ1n) is 9.61. The van der Waals surface area contributed by atoms with Gasteiger partial charge in [-0.25, -0.2) is 4.39 Å². The first kappa shape index (κ1) is 19.5. The minimum absolute atomic E-state index is 0.105. The molecule has 148 valence electrons. The van der Waals surface area contributed by atoms with Crippen LogP contribution in [0.4, 0.5) is 4.39 Å². The van der Waals surface area contributed by atoms with Gasteiger partial charge in [0.05, 0.1) is 5.02 Å². The predicted octanol–water partition coefficient (Wildman–Crippen LogP) is 5.87. The third-order valence-corrected chi connectivity index (χ3v) is 5.30. The van der Waals surface area contributed by atoms with E-state index >= 15 is 0 Å². The zero-order chi connectivity index (χ0) is 20.1. The number of halogens is 2. The third-order valence-electron chi connectivity index (χ3n) is 4.94. The van der Waals surface area contributed by atoms with Gasteiger partial charge in [-0.05, 0) is 54.4 Å². The van der Waals surface area contributed by atoms with Gasteiger partial charge in [0, 0.05) is 29.2 Å². The van der Waals surface area contributed by atoms with E-state index in [1.165, 1.54) is 28.1 Å². The van der Waals surface area contributed by atoms with Gasteiger partial charge in [-0.1, -0.05) is 48.0 Å². The molecular weight excluding hydrogens is 387 g/mol. The van der Waals surface area contributed by atoms with Crippen LogP contribution in [0.2, 0.25) is 5.02 Å². The van der Waals surface area contributed by atoms with Gasteiger partial charge in [0.1, 0.15) is 18.2 Å². The van der Waals surface area contributed by atoms with Crippen molar-refractivity contribution in [1.29, 1.82) is 0 Å². The number of H-pyrrole nitrogens is 1. The van der Waals surface area contributed by atoms with E-state index in [0.29, 0.717) is 16.3 Å². The number of aromatic nitrogens is 1. The summed E-state index contributed by atoms with van der Waals surface area (Å²) in [6.07, 6.45) is 3.05. The van der Waals surface area contributed by atoms with E-state index in [-0.39, 0.29) is 12.4 Å². The molecule has 0 bridgehead atoms. The van der Waals surface area contributed by atoms with Gasteiger partial charge in [-0.3, -0.25) is 0 Å². The van der Waals surface area contributed by atoms with Crippen molar-refractivity contribution in [3.05, 3.63) is 100 Å². The van der Waals surface area contributed by atoms with Gasteiger partial charge in [-0.2, -0.15) is 0 Å². The highest BCUT2D eigenvalue weighted by Crippen LogP contribution is 2.22. The molecule has 29 heavy (non-hydrogen) atoms. The second-order valence-electron chi connectivity index (χ2n) is 6.92. The van der Waals surface area contributed by atoms with Crippen LogP contribution in [0.5, 0.6) is 5.75 Å². The topological polar surface area (TPSA) is 37.0 Å². The van der Waals surface area contributed by atoms with Crippen molar-refractivity contribution in [2.75, 3.05) is 6.54 Å². The monoisotopic (exact) mass is 408 g/mol. The summed E-state index contributed by atoms with van der Waals surface area (Å²) in [6, 6.07) is 20.8. The molecule has 0 saturated carbocycles. The molecule has 0 atom stereocenters. The molecule has 0 aliphatic rings. The van der Waals surface area contributed by atoms with E-state index in [2.05, 4.69) is 34.7 Å². The molecule has 3 nitrogen and oxygen atoms in total. The summed E-state index contributed by atoms with van der Waals surface area (Å²) in [6.45, 7) is 1.78. The Morgan fingerprint density at radius 2 is 1.79 bits per heavy atom. The van der Waals surface area contributed by atoms with Crippen LogP contribution >= 0.6 is 11.6 Å². The zero-order valence-corrected chi connectivity index (χ0v) is 16.7. The summed E-state index contributed by atoms with van der Waals surface area (Å²) in [4.78, 5) is 3.31. The highest BCUT2D eigenvalue weighted by Gasteiger charge is 2.08. The number of fused-ring (bicyclic) bond motifs is 1. The number of hydrogen-bond acceptors (Lipinski definition) is 2. The van der Waals surface area contributed by atoms with Crippen molar-refractivity contribution >= 4 is 22.5 Å². The smallest absolute Gasteiger partial charge is 0.131 e. The average Bonchev–Trinajstić information content (AvgIpc) is 3.15. The largest absolute Gasteiger partial charge is 0.489 e. The Morgan fingerprint density at radius 3 is 2.62 bits per heavy atom. The molecule has 2 N–H and O–H groups in total. The number of rotatable bonds is 8. The number of aromatic amines is 1. The maximum atomic E-state index is 13.8. The van der Waals surface area contributed by atoms with Crippen molar-refractivity contribution in [2.24, 2.45) is 0 Å². The Balaban J connectivity index is 1.25. The maximum Gasteiger partial charge on any atom is 0.131 e. The Labute approximate surface area is 174 Å². The number of benzene rings is 3. The Kier molecular flexibility index (Phi) is 6.13. The van der Waals surface area contributed by atoms with Crippen molar-refractivity contribution in [3.63, 3.8) is 0 Å². The lowest BCUT2D eigenvalue weighted by atomic mass is 10.1. The third kappa shape index (κ3) is 4.78. The molecule has 0 saturated heterocycles.